The van der Waals surface area contributed by atoms with E-state index in [1.54, 1.807) is 12.1 Å². The van der Waals surface area contributed by atoms with Crippen LogP contribution < -0.4 is 14.2 Å². The summed E-state index contributed by atoms with van der Waals surface area (Å²) >= 11 is 0. The van der Waals surface area contributed by atoms with Gasteiger partial charge >= 0.3 is 0 Å². The first-order valence-electron chi connectivity index (χ1n) is 10.6. The number of benzene rings is 4. The van der Waals surface area contributed by atoms with Crippen molar-refractivity contribution in [3.8, 4) is 17.2 Å². The summed E-state index contributed by atoms with van der Waals surface area (Å²) < 4.78 is 18.2. The van der Waals surface area contributed by atoms with Crippen LogP contribution in [0.15, 0.2) is 103 Å². The monoisotopic (exact) mass is 426 g/mol. The van der Waals surface area contributed by atoms with E-state index < -0.39 is 0 Å². The van der Waals surface area contributed by atoms with Gasteiger partial charge in [-0.05, 0) is 22.8 Å². The van der Waals surface area contributed by atoms with E-state index in [1.165, 1.54) is 0 Å². The smallest absolute Gasteiger partial charge is 0.165 e. The quantitative estimate of drug-likeness (QED) is 0.342. The highest BCUT2D eigenvalue weighted by atomic mass is 16.5. The van der Waals surface area contributed by atoms with E-state index in [2.05, 4.69) is 0 Å². The van der Waals surface area contributed by atoms with Crippen molar-refractivity contribution in [3.05, 3.63) is 125 Å². The molecule has 4 aromatic rings. The molecular weight excluding hydrogens is 400 g/mol. The van der Waals surface area contributed by atoms with Gasteiger partial charge in [-0.1, -0.05) is 91.0 Å². The van der Waals surface area contributed by atoms with Gasteiger partial charge in [-0.2, -0.15) is 0 Å². The zero-order valence-electron chi connectivity index (χ0n) is 17.8. The van der Waals surface area contributed by atoms with Crippen molar-refractivity contribution >= 4 is 0 Å². The molecule has 0 aliphatic heterocycles. The van der Waals surface area contributed by atoms with Crippen LogP contribution in [0.1, 0.15) is 22.3 Å². The van der Waals surface area contributed by atoms with Gasteiger partial charge in [-0.3, -0.25) is 0 Å². The number of aliphatic hydroxyl groups excluding tert-OH is 1. The standard InChI is InChI=1S/C28H26O4/c29-18-25-16-27(31-20-23-12-6-2-7-13-23)28(32-21-24-14-8-3-9-15-24)17-26(25)30-19-22-10-4-1-5-11-22/h1-17,29H,18-21H2. The normalized spacial score (nSPS) is 10.5. The first kappa shape index (κ1) is 21.5. The highest BCUT2D eigenvalue weighted by Crippen LogP contribution is 2.36. The van der Waals surface area contributed by atoms with Gasteiger partial charge in [0.2, 0.25) is 0 Å². The molecule has 0 saturated heterocycles. The summed E-state index contributed by atoms with van der Waals surface area (Å²) in [6, 6.07) is 33.4. The van der Waals surface area contributed by atoms with Crippen molar-refractivity contribution in [2.24, 2.45) is 0 Å². The van der Waals surface area contributed by atoms with Gasteiger partial charge in [-0.15, -0.1) is 0 Å². The highest BCUT2D eigenvalue weighted by Gasteiger charge is 2.14. The number of hydrogen-bond acceptors (Lipinski definition) is 4. The minimum atomic E-state index is -0.162. The van der Waals surface area contributed by atoms with Gasteiger partial charge in [0.15, 0.2) is 11.5 Å². The molecule has 0 radical (unpaired) electrons. The van der Waals surface area contributed by atoms with Crippen molar-refractivity contribution in [2.45, 2.75) is 26.4 Å². The van der Waals surface area contributed by atoms with Gasteiger partial charge in [-0.25, -0.2) is 0 Å². The van der Waals surface area contributed by atoms with Gasteiger partial charge in [0.05, 0.1) is 6.61 Å². The molecule has 4 aromatic carbocycles. The third-order valence-electron chi connectivity index (χ3n) is 5.01. The first-order valence-corrected chi connectivity index (χ1v) is 10.6. The van der Waals surface area contributed by atoms with Gasteiger partial charge in [0, 0.05) is 11.6 Å². The van der Waals surface area contributed by atoms with E-state index in [1.807, 2.05) is 91.0 Å². The topological polar surface area (TPSA) is 47.9 Å². The molecule has 4 nitrogen and oxygen atoms in total. The average molecular weight is 427 g/mol. The fourth-order valence-corrected chi connectivity index (χ4v) is 3.27. The van der Waals surface area contributed by atoms with Gasteiger partial charge < -0.3 is 19.3 Å². The fourth-order valence-electron chi connectivity index (χ4n) is 3.27. The zero-order valence-corrected chi connectivity index (χ0v) is 17.8. The van der Waals surface area contributed by atoms with Crippen LogP contribution in [0.3, 0.4) is 0 Å². The zero-order chi connectivity index (χ0) is 22.0. The summed E-state index contributed by atoms with van der Waals surface area (Å²) in [5, 5.41) is 9.95. The molecular formula is C28H26O4. The summed E-state index contributed by atoms with van der Waals surface area (Å²) in [4.78, 5) is 0. The summed E-state index contributed by atoms with van der Waals surface area (Å²) in [7, 11) is 0. The maximum atomic E-state index is 9.95. The Balaban J connectivity index is 1.57. The first-order chi connectivity index (χ1) is 15.8. The second-order valence-electron chi connectivity index (χ2n) is 7.39. The van der Waals surface area contributed by atoms with Crippen LogP contribution in [0.2, 0.25) is 0 Å². The van der Waals surface area contributed by atoms with Crippen LogP contribution in [0.4, 0.5) is 0 Å². The molecule has 4 heteroatoms. The van der Waals surface area contributed by atoms with Crippen molar-refractivity contribution in [3.63, 3.8) is 0 Å². The van der Waals surface area contributed by atoms with Crippen LogP contribution in [0.5, 0.6) is 17.2 Å². The molecule has 32 heavy (non-hydrogen) atoms. The molecule has 0 aliphatic carbocycles. The Morgan fingerprint density at radius 1 is 0.469 bits per heavy atom. The molecule has 0 unspecified atom stereocenters. The van der Waals surface area contributed by atoms with Crippen molar-refractivity contribution in [1.29, 1.82) is 0 Å². The van der Waals surface area contributed by atoms with Crippen LogP contribution >= 0.6 is 0 Å². The lowest BCUT2D eigenvalue weighted by atomic mass is 10.1. The Labute approximate surface area is 188 Å². The van der Waals surface area contributed by atoms with Gasteiger partial charge in [0.25, 0.3) is 0 Å². The minimum Gasteiger partial charge on any atom is -0.488 e. The third-order valence-corrected chi connectivity index (χ3v) is 5.01. The van der Waals surface area contributed by atoms with E-state index >= 15 is 0 Å². The van der Waals surface area contributed by atoms with E-state index in [-0.39, 0.29) is 6.61 Å². The molecule has 0 atom stereocenters. The largest absolute Gasteiger partial charge is 0.488 e. The molecule has 0 aliphatic rings. The fraction of sp³-hybridized carbons (Fsp3) is 0.143. The minimum absolute atomic E-state index is 0.162. The Morgan fingerprint density at radius 3 is 1.25 bits per heavy atom. The molecule has 0 saturated carbocycles. The predicted molar refractivity (Wildman–Crippen MR) is 125 cm³/mol. The van der Waals surface area contributed by atoms with Gasteiger partial charge in [0.1, 0.15) is 25.6 Å². The van der Waals surface area contributed by atoms with E-state index in [9.17, 15) is 5.11 Å². The summed E-state index contributed by atoms with van der Waals surface area (Å²) in [6.07, 6.45) is 0. The van der Waals surface area contributed by atoms with Crippen LogP contribution in [0, 0.1) is 0 Å². The molecule has 4 rings (SSSR count). The maximum Gasteiger partial charge on any atom is 0.165 e. The molecule has 1 N–H and O–H groups in total. The molecule has 0 bridgehead atoms. The van der Waals surface area contributed by atoms with Crippen LogP contribution in [0.25, 0.3) is 0 Å². The Kier molecular flexibility index (Phi) is 7.40. The van der Waals surface area contributed by atoms with E-state index in [0.29, 0.717) is 42.6 Å². The summed E-state index contributed by atoms with van der Waals surface area (Å²) in [5.41, 5.74) is 3.81. The number of ether oxygens (including phenoxy) is 3. The SMILES string of the molecule is OCc1cc(OCc2ccccc2)c(OCc2ccccc2)cc1OCc1ccccc1. The molecule has 0 spiro atoms. The molecule has 162 valence electrons. The average Bonchev–Trinajstić information content (AvgIpc) is 2.87. The van der Waals surface area contributed by atoms with Crippen molar-refractivity contribution in [1.82, 2.24) is 0 Å². The maximum absolute atomic E-state index is 9.95. The molecule has 0 heterocycles. The molecule has 0 fully saturated rings. The van der Waals surface area contributed by atoms with Crippen LogP contribution in [-0.4, -0.2) is 5.11 Å². The van der Waals surface area contributed by atoms with Crippen molar-refractivity contribution in [2.75, 3.05) is 0 Å². The van der Waals surface area contributed by atoms with Crippen LogP contribution in [-0.2, 0) is 26.4 Å². The number of hydrogen-bond donors (Lipinski definition) is 1. The predicted octanol–water partition coefficient (Wildman–Crippen LogP) is 5.92. The Hall–Kier alpha value is -3.76. The molecule has 0 aromatic heterocycles. The molecule has 0 amide bonds. The van der Waals surface area contributed by atoms with Crippen molar-refractivity contribution < 1.29 is 19.3 Å². The number of rotatable bonds is 10. The highest BCUT2D eigenvalue weighted by molar-refractivity contribution is 5.51. The second-order valence-corrected chi connectivity index (χ2v) is 7.39. The lowest BCUT2D eigenvalue weighted by molar-refractivity contribution is 0.240. The van der Waals surface area contributed by atoms with E-state index in [0.717, 1.165) is 16.7 Å². The summed E-state index contributed by atoms with van der Waals surface area (Å²) in [6.45, 7) is 1.04. The lowest BCUT2D eigenvalue weighted by Gasteiger charge is -2.18. The number of aliphatic hydroxyl groups is 1. The Bertz CT molecular complexity index is 1100. The third kappa shape index (κ3) is 5.90. The lowest BCUT2D eigenvalue weighted by Crippen LogP contribution is -2.04. The Morgan fingerprint density at radius 2 is 0.844 bits per heavy atom. The second kappa shape index (κ2) is 11.0. The summed E-state index contributed by atoms with van der Waals surface area (Å²) in [5.74, 6) is 1.72. The van der Waals surface area contributed by atoms with E-state index in [4.69, 9.17) is 14.2 Å².